The molecule has 1 saturated heterocycles. The van der Waals surface area contributed by atoms with E-state index in [9.17, 15) is 0 Å². The van der Waals surface area contributed by atoms with Crippen molar-refractivity contribution in [2.24, 2.45) is 0 Å². The zero-order valence-corrected chi connectivity index (χ0v) is 26.8. The number of halogens is 1. The minimum Gasteiger partial charge on any atom is -0.497 e. The third-order valence-electron chi connectivity index (χ3n) is 7.47. The van der Waals surface area contributed by atoms with Crippen LogP contribution in [0.5, 0.6) is 11.5 Å². The van der Waals surface area contributed by atoms with E-state index in [-0.39, 0.29) is 24.0 Å². The van der Waals surface area contributed by atoms with Gasteiger partial charge in [0.05, 0.1) is 70.4 Å². The summed E-state index contributed by atoms with van der Waals surface area (Å²) in [5, 5.41) is 4.47. The lowest BCUT2D eigenvalue weighted by Gasteiger charge is -2.26. The largest absolute Gasteiger partial charge is 0.497 e. The van der Waals surface area contributed by atoms with E-state index in [0.29, 0.717) is 60.8 Å². The van der Waals surface area contributed by atoms with Crippen LogP contribution in [-0.4, -0.2) is 92.8 Å². The van der Waals surface area contributed by atoms with Gasteiger partial charge in [0.15, 0.2) is 17.2 Å². The van der Waals surface area contributed by atoms with Crippen molar-refractivity contribution in [2.75, 3.05) is 63.5 Å². The SMILES string of the molecule is COc1cc(OC)c(F)c(N(Cc2nccn2COCCS(C)(C)C)c2ccc3ncc(-c4cnn(C5COC5)c4)nc3n2)c1. The minimum atomic E-state index is -0.677. The van der Waals surface area contributed by atoms with Crippen LogP contribution < -0.4 is 14.4 Å². The summed E-state index contributed by atoms with van der Waals surface area (Å²) in [5.41, 5.74) is 2.66. The van der Waals surface area contributed by atoms with Gasteiger partial charge >= 0.3 is 0 Å². The van der Waals surface area contributed by atoms with Crippen LogP contribution in [0, 0.1) is 5.82 Å². The summed E-state index contributed by atoms with van der Waals surface area (Å²) in [6, 6.07) is 6.94. The minimum absolute atomic E-state index is 0.0439. The highest BCUT2D eigenvalue weighted by atomic mass is 32.3. The van der Waals surface area contributed by atoms with Crippen molar-refractivity contribution < 1.29 is 23.3 Å². The summed E-state index contributed by atoms with van der Waals surface area (Å²) in [6.07, 6.45) is 15.7. The van der Waals surface area contributed by atoms with E-state index >= 15 is 4.39 Å². The van der Waals surface area contributed by atoms with Gasteiger partial charge in [-0.05, 0) is 30.9 Å². The van der Waals surface area contributed by atoms with Crippen LogP contribution in [0.15, 0.2) is 55.2 Å². The molecule has 5 heterocycles. The van der Waals surface area contributed by atoms with Crippen LogP contribution in [0.2, 0.25) is 0 Å². The highest BCUT2D eigenvalue weighted by Crippen LogP contribution is 2.38. The first kappa shape index (κ1) is 30.7. The van der Waals surface area contributed by atoms with Gasteiger partial charge in [-0.3, -0.25) is 9.67 Å². The van der Waals surface area contributed by atoms with Crippen LogP contribution in [0.3, 0.4) is 0 Å². The number of pyridine rings is 1. The molecule has 1 aliphatic heterocycles. The van der Waals surface area contributed by atoms with E-state index in [1.807, 2.05) is 27.7 Å². The van der Waals surface area contributed by atoms with Crippen molar-refractivity contribution in [3.8, 4) is 22.8 Å². The smallest absolute Gasteiger partial charge is 0.188 e. The third kappa shape index (κ3) is 6.87. The molecule has 0 saturated carbocycles. The van der Waals surface area contributed by atoms with Gasteiger partial charge in [-0.1, -0.05) is 0 Å². The highest BCUT2D eigenvalue weighted by molar-refractivity contribution is 8.32. The maximum atomic E-state index is 16.0. The first-order valence-corrected chi connectivity index (χ1v) is 17.4. The molecule has 1 aliphatic rings. The van der Waals surface area contributed by atoms with Crippen molar-refractivity contribution in [1.82, 2.24) is 34.3 Å². The summed E-state index contributed by atoms with van der Waals surface area (Å²) >= 11 is 0. The average Bonchev–Trinajstić information content (AvgIpc) is 3.66. The van der Waals surface area contributed by atoms with Crippen LogP contribution in [0.4, 0.5) is 15.9 Å². The number of fused-ring (bicyclic) bond motifs is 1. The van der Waals surface area contributed by atoms with Gasteiger partial charge in [-0.2, -0.15) is 5.10 Å². The van der Waals surface area contributed by atoms with Crippen molar-refractivity contribution in [1.29, 1.82) is 0 Å². The lowest BCUT2D eigenvalue weighted by molar-refractivity contribution is -0.0286. The number of hydrogen-bond donors (Lipinski definition) is 0. The quantitative estimate of drug-likeness (QED) is 0.167. The Hall–Kier alpha value is -4.27. The Kier molecular flexibility index (Phi) is 8.88. The fraction of sp³-hybridized carbons (Fsp3) is 0.387. The maximum absolute atomic E-state index is 16.0. The fourth-order valence-electron chi connectivity index (χ4n) is 4.76. The van der Waals surface area contributed by atoms with E-state index < -0.39 is 15.8 Å². The molecule has 45 heavy (non-hydrogen) atoms. The molecule has 14 heteroatoms. The van der Waals surface area contributed by atoms with Crippen molar-refractivity contribution >= 4 is 32.7 Å². The molecule has 12 nitrogen and oxygen atoms in total. The second kappa shape index (κ2) is 13.0. The lowest BCUT2D eigenvalue weighted by Crippen LogP contribution is -2.30. The zero-order chi connectivity index (χ0) is 31.6. The average molecular weight is 637 g/mol. The molecule has 0 bridgehead atoms. The van der Waals surface area contributed by atoms with Crippen LogP contribution in [-0.2, 0) is 22.7 Å². The number of anilines is 2. The van der Waals surface area contributed by atoms with E-state index in [1.165, 1.54) is 20.3 Å². The Bertz CT molecular complexity index is 1790. The van der Waals surface area contributed by atoms with E-state index in [0.717, 1.165) is 11.3 Å². The second-order valence-corrected chi connectivity index (χ2v) is 16.2. The first-order chi connectivity index (χ1) is 21.7. The summed E-state index contributed by atoms with van der Waals surface area (Å²) < 4.78 is 41.9. The van der Waals surface area contributed by atoms with Crippen LogP contribution in [0.25, 0.3) is 22.4 Å². The van der Waals surface area contributed by atoms with Crippen molar-refractivity contribution in [3.63, 3.8) is 0 Å². The van der Waals surface area contributed by atoms with Crippen LogP contribution in [0.1, 0.15) is 11.9 Å². The molecule has 0 atom stereocenters. The zero-order valence-electron chi connectivity index (χ0n) is 26.0. The number of hydrogen-bond acceptors (Lipinski definition) is 10. The molecular formula is C31H37FN8O4S. The predicted molar refractivity (Wildman–Crippen MR) is 172 cm³/mol. The van der Waals surface area contributed by atoms with Gasteiger partial charge in [0.2, 0.25) is 0 Å². The Balaban J connectivity index is 1.36. The summed E-state index contributed by atoms with van der Waals surface area (Å²) in [7, 11) is 2.26. The first-order valence-electron chi connectivity index (χ1n) is 14.4. The molecule has 0 amide bonds. The van der Waals surface area contributed by atoms with E-state index in [4.69, 9.17) is 28.9 Å². The van der Waals surface area contributed by atoms with E-state index in [1.54, 1.807) is 35.6 Å². The summed E-state index contributed by atoms with van der Waals surface area (Å²) in [4.78, 5) is 20.6. The Labute approximate surface area is 262 Å². The van der Waals surface area contributed by atoms with Gasteiger partial charge in [0.25, 0.3) is 0 Å². The third-order valence-corrected chi connectivity index (χ3v) is 8.86. The maximum Gasteiger partial charge on any atom is 0.188 e. The Morgan fingerprint density at radius 1 is 1.07 bits per heavy atom. The molecule has 0 spiro atoms. The standard InChI is InChI=1S/C31H37FN8O4S/c1-41-23-12-26(30(32)27(13-23)42-2)39(17-29-33-8-9-38(29)20-43-10-11-45(3,4)5)28-7-6-24-31(37-28)36-25(15-34-24)21-14-35-40(16-21)22-18-44-19-22/h6-9,12-16,22H,10-11,17-20H2,1-5H3. The lowest BCUT2D eigenvalue weighted by atomic mass is 10.2. The van der Waals surface area contributed by atoms with Gasteiger partial charge in [-0.15, -0.1) is 0 Å². The van der Waals surface area contributed by atoms with Gasteiger partial charge < -0.3 is 28.4 Å². The summed E-state index contributed by atoms with van der Waals surface area (Å²) in [5.74, 6) is 2.02. The summed E-state index contributed by atoms with van der Waals surface area (Å²) in [6.45, 7) is 2.42. The molecule has 0 unspecified atom stereocenters. The van der Waals surface area contributed by atoms with Gasteiger partial charge in [0, 0.05) is 42.0 Å². The molecule has 0 radical (unpaired) electrons. The molecule has 0 N–H and O–H groups in total. The normalized spacial score (nSPS) is 14.0. The van der Waals surface area contributed by atoms with Gasteiger partial charge in [-0.25, -0.2) is 29.4 Å². The monoisotopic (exact) mass is 636 g/mol. The fourth-order valence-corrected chi connectivity index (χ4v) is 5.37. The Morgan fingerprint density at radius 2 is 1.91 bits per heavy atom. The molecule has 6 rings (SSSR count). The predicted octanol–water partition coefficient (Wildman–Crippen LogP) is 4.82. The Morgan fingerprint density at radius 3 is 2.64 bits per heavy atom. The molecule has 1 fully saturated rings. The molecule has 4 aromatic heterocycles. The van der Waals surface area contributed by atoms with Crippen molar-refractivity contribution in [3.05, 3.63) is 66.9 Å². The number of methoxy groups -OCH3 is 2. The topological polar surface area (TPSA) is 114 Å². The number of nitrogens with zero attached hydrogens (tertiary/aromatic N) is 8. The number of ether oxygens (including phenoxy) is 4. The number of aromatic nitrogens is 7. The van der Waals surface area contributed by atoms with E-state index in [2.05, 4.69) is 33.8 Å². The molecule has 1 aromatic carbocycles. The second-order valence-electron chi connectivity index (χ2n) is 11.6. The number of rotatable bonds is 13. The molecule has 0 aliphatic carbocycles. The van der Waals surface area contributed by atoms with Gasteiger partial charge in [0.1, 0.15) is 29.6 Å². The number of benzene rings is 1. The molecule has 5 aromatic rings. The van der Waals surface area contributed by atoms with Crippen molar-refractivity contribution in [2.45, 2.75) is 19.3 Å². The number of imidazole rings is 1. The molecule has 238 valence electrons. The highest BCUT2D eigenvalue weighted by Gasteiger charge is 2.24. The molecular weight excluding hydrogens is 599 g/mol. The van der Waals surface area contributed by atoms with Crippen LogP contribution >= 0.6 is 10.0 Å².